The highest BCUT2D eigenvalue weighted by Crippen LogP contribution is 2.25. The van der Waals surface area contributed by atoms with Gasteiger partial charge in [0.15, 0.2) is 0 Å². The molecule has 0 amide bonds. The number of nitrogens with zero attached hydrogens (tertiary/aromatic N) is 2. The molecule has 0 aliphatic rings. The Morgan fingerprint density at radius 3 is 2.90 bits per heavy atom. The molecular weight excluding hydrogens is 336 g/mol. The Labute approximate surface area is 133 Å². The van der Waals surface area contributed by atoms with Crippen LogP contribution in [0.15, 0.2) is 22.3 Å². The second-order valence-electron chi connectivity index (χ2n) is 4.48. The molecule has 110 valence electrons. The Morgan fingerprint density at radius 1 is 1.43 bits per heavy atom. The summed E-state index contributed by atoms with van der Waals surface area (Å²) < 4.78 is 15.4. The van der Waals surface area contributed by atoms with Crippen LogP contribution in [0.25, 0.3) is 11.0 Å². The van der Waals surface area contributed by atoms with Crippen LogP contribution >= 0.6 is 34.5 Å². The zero-order valence-electron chi connectivity index (χ0n) is 10.7. The summed E-state index contributed by atoms with van der Waals surface area (Å²) in [6, 6.07) is 2.85. The number of halogens is 3. The Balaban J connectivity index is 2.14. The molecule has 1 N–H and O–H groups in total. The number of aryl methyl sites for hydroxylation is 1. The number of imidazole rings is 1. The highest BCUT2D eigenvalue weighted by molar-refractivity contribution is 7.07. The first-order valence-corrected chi connectivity index (χ1v) is 7.94. The summed E-state index contributed by atoms with van der Waals surface area (Å²) in [4.78, 5) is 18.3. The van der Waals surface area contributed by atoms with Gasteiger partial charge in [0.2, 0.25) is 0 Å². The third-order valence-corrected chi connectivity index (χ3v) is 4.28. The molecule has 0 aliphatic carbocycles. The highest BCUT2D eigenvalue weighted by atomic mass is 35.5. The van der Waals surface area contributed by atoms with Crippen molar-refractivity contribution in [1.29, 1.82) is 0 Å². The molecule has 2 heterocycles. The molecule has 3 aromatic rings. The van der Waals surface area contributed by atoms with Gasteiger partial charge in [-0.1, -0.05) is 22.9 Å². The minimum Gasteiger partial charge on any atom is -0.322 e. The van der Waals surface area contributed by atoms with Crippen LogP contribution in [0, 0.1) is 5.82 Å². The summed E-state index contributed by atoms with van der Waals surface area (Å²) in [5.74, 6) is 0.628. The van der Waals surface area contributed by atoms with E-state index in [4.69, 9.17) is 23.2 Å². The fraction of sp³-hybridized carbons (Fsp3) is 0.231. The molecule has 4 nitrogen and oxygen atoms in total. The number of thiazole rings is 1. The second kappa shape index (κ2) is 5.79. The standard InChI is InChI=1S/C13H10Cl2FN3OS/c14-2-1-12-18-10-4-9(16)8(15)3-11(10)19(12)5-7-6-21-13(20)17-7/h3-4,6H,1-2,5H2,(H,17,20). The van der Waals surface area contributed by atoms with Crippen molar-refractivity contribution in [2.45, 2.75) is 13.0 Å². The Bertz CT molecular complexity index is 855. The monoisotopic (exact) mass is 345 g/mol. The lowest BCUT2D eigenvalue weighted by Gasteiger charge is -2.07. The van der Waals surface area contributed by atoms with Crippen LogP contribution in [-0.2, 0) is 13.0 Å². The first-order valence-electron chi connectivity index (χ1n) is 6.15. The van der Waals surface area contributed by atoms with E-state index in [1.165, 1.54) is 6.07 Å². The number of hydrogen-bond donors (Lipinski definition) is 1. The van der Waals surface area contributed by atoms with Gasteiger partial charge in [0.1, 0.15) is 11.6 Å². The molecule has 0 radical (unpaired) electrons. The highest BCUT2D eigenvalue weighted by Gasteiger charge is 2.14. The van der Waals surface area contributed by atoms with Crippen LogP contribution < -0.4 is 4.87 Å². The number of fused-ring (bicyclic) bond motifs is 1. The third kappa shape index (κ3) is 2.84. The van der Waals surface area contributed by atoms with E-state index in [1.54, 1.807) is 11.4 Å². The van der Waals surface area contributed by atoms with E-state index in [9.17, 15) is 9.18 Å². The maximum Gasteiger partial charge on any atom is 0.304 e. The van der Waals surface area contributed by atoms with Crippen molar-refractivity contribution in [2.24, 2.45) is 0 Å². The van der Waals surface area contributed by atoms with E-state index >= 15 is 0 Å². The Kier molecular flexibility index (Phi) is 4.01. The summed E-state index contributed by atoms with van der Waals surface area (Å²) in [6.07, 6.45) is 0.545. The molecule has 0 spiro atoms. The van der Waals surface area contributed by atoms with Crippen molar-refractivity contribution in [3.05, 3.63) is 49.5 Å². The van der Waals surface area contributed by atoms with Crippen molar-refractivity contribution < 1.29 is 4.39 Å². The molecule has 21 heavy (non-hydrogen) atoms. The first kappa shape index (κ1) is 14.6. The van der Waals surface area contributed by atoms with Crippen molar-refractivity contribution in [1.82, 2.24) is 14.5 Å². The van der Waals surface area contributed by atoms with Crippen molar-refractivity contribution in [3.8, 4) is 0 Å². The fourth-order valence-electron chi connectivity index (χ4n) is 2.18. The predicted molar refractivity (Wildman–Crippen MR) is 83.2 cm³/mol. The van der Waals surface area contributed by atoms with Crippen LogP contribution in [0.5, 0.6) is 0 Å². The number of alkyl halides is 1. The molecule has 0 atom stereocenters. The molecule has 0 fully saturated rings. The number of benzene rings is 1. The average molecular weight is 346 g/mol. The van der Waals surface area contributed by atoms with Gasteiger partial charge < -0.3 is 9.55 Å². The molecule has 3 rings (SSSR count). The number of aromatic nitrogens is 3. The Morgan fingerprint density at radius 2 is 2.24 bits per heavy atom. The predicted octanol–water partition coefficient (Wildman–Crippen LogP) is 3.41. The summed E-state index contributed by atoms with van der Waals surface area (Å²) >= 11 is 12.8. The normalized spacial score (nSPS) is 11.4. The minimum atomic E-state index is -0.504. The topological polar surface area (TPSA) is 50.7 Å². The van der Waals surface area contributed by atoms with Gasteiger partial charge in [-0.15, -0.1) is 11.6 Å². The van der Waals surface area contributed by atoms with Crippen LogP contribution in [-0.4, -0.2) is 20.4 Å². The number of H-pyrrole nitrogens is 1. The van der Waals surface area contributed by atoms with E-state index in [1.807, 2.05) is 4.57 Å². The lowest BCUT2D eigenvalue weighted by Crippen LogP contribution is -2.07. The summed E-state index contributed by atoms with van der Waals surface area (Å²) in [6.45, 7) is 0.434. The van der Waals surface area contributed by atoms with Crippen LogP contribution in [0.3, 0.4) is 0 Å². The van der Waals surface area contributed by atoms with Crippen LogP contribution in [0.4, 0.5) is 4.39 Å². The summed E-state index contributed by atoms with van der Waals surface area (Å²) in [7, 11) is 0. The maximum absolute atomic E-state index is 13.6. The zero-order chi connectivity index (χ0) is 15.0. The number of rotatable bonds is 4. The smallest absolute Gasteiger partial charge is 0.304 e. The van der Waals surface area contributed by atoms with E-state index in [0.29, 0.717) is 29.9 Å². The Hall–Kier alpha value is -1.37. The molecule has 0 unspecified atom stereocenters. The van der Waals surface area contributed by atoms with Crippen molar-refractivity contribution in [3.63, 3.8) is 0 Å². The van der Waals surface area contributed by atoms with E-state index in [2.05, 4.69) is 9.97 Å². The zero-order valence-corrected chi connectivity index (χ0v) is 13.0. The lowest BCUT2D eigenvalue weighted by molar-refractivity contribution is 0.629. The third-order valence-electron chi connectivity index (χ3n) is 3.09. The van der Waals surface area contributed by atoms with Gasteiger partial charge in [-0.25, -0.2) is 9.37 Å². The molecular formula is C13H10Cl2FN3OS. The molecule has 0 saturated heterocycles. The summed E-state index contributed by atoms with van der Waals surface area (Å²) in [5, 5.41) is 1.80. The van der Waals surface area contributed by atoms with Gasteiger partial charge >= 0.3 is 4.87 Å². The summed E-state index contributed by atoms with van der Waals surface area (Å²) in [5.41, 5.74) is 2.00. The number of nitrogens with one attached hydrogen (secondary N) is 1. The van der Waals surface area contributed by atoms with Crippen molar-refractivity contribution in [2.75, 3.05) is 5.88 Å². The lowest BCUT2D eigenvalue weighted by atomic mass is 10.3. The van der Waals surface area contributed by atoms with E-state index < -0.39 is 5.82 Å². The molecule has 0 aliphatic heterocycles. The SMILES string of the molecule is O=c1[nH]c(Cn2c(CCCl)nc3cc(F)c(Cl)cc32)cs1. The van der Waals surface area contributed by atoms with Crippen LogP contribution in [0.2, 0.25) is 5.02 Å². The molecule has 2 aromatic heterocycles. The fourth-order valence-corrected chi connectivity index (χ4v) is 3.08. The number of hydrogen-bond acceptors (Lipinski definition) is 3. The van der Waals surface area contributed by atoms with Gasteiger partial charge in [0.25, 0.3) is 0 Å². The van der Waals surface area contributed by atoms with Gasteiger partial charge in [-0.05, 0) is 6.07 Å². The molecule has 1 aromatic carbocycles. The average Bonchev–Trinajstić information content (AvgIpc) is 2.97. The quantitative estimate of drug-likeness (QED) is 0.736. The molecule has 8 heteroatoms. The van der Waals surface area contributed by atoms with Crippen LogP contribution in [0.1, 0.15) is 11.5 Å². The van der Waals surface area contributed by atoms with Crippen molar-refractivity contribution >= 4 is 45.6 Å². The minimum absolute atomic E-state index is 0.0416. The maximum atomic E-state index is 13.6. The van der Waals surface area contributed by atoms with Gasteiger partial charge in [0, 0.05) is 29.4 Å². The number of aromatic amines is 1. The molecule has 0 bridgehead atoms. The largest absolute Gasteiger partial charge is 0.322 e. The van der Waals surface area contributed by atoms with Gasteiger partial charge in [-0.3, -0.25) is 4.79 Å². The van der Waals surface area contributed by atoms with Gasteiger partial charge in [0.05, 0.1) is 22.6 Å². The molecule has 0 saturated carbocycles. The van der Waals surface area contributed by atoms with E-state index in [-0.39, 0.29) is 9.90 Å². The van der Waals surface area contributed by atoms with Gasteiger partial charge in [-0.2, -0.15) is 0 Å². The van der Waals surface area contributed by atoms with E-state index in [0.717, 1.165) is 22.9 Å². The first-order chi connectivity index (χ1) is 10.1. The second-order valence-corrected chi connectivity index (χ2v) is 6.11.